The van der Waals surface area contributed by atoms with Gasteiger partial charge in [-0.2, -0.15) is 0 Å². The lowest BCUT2D eigenvalue weighted by atomic mass is 10.1. The number of carbonyl (C=O) groups is 2. The standard InChI is InChI=1S/C21H23IN4O2/c1-25(2)13-3-12-23-17-8-4-15(5-9-17)14-19-20(27)24-26(21(19)28)18-10-6-16(22)7-11-18/h4-11,14,23H,3,12-13H2,1-2H3,(H,24,27)/b19-14-. The molecule has 0 atom stereocenters. The Balaban J connectivity index is 1.66. The first-order valence-corrected chi connectivity index (χ1v) is 10.1. The molecule has 1 aliphatic heterocycles. The number of anilines is 2. The second-order valence-corrected chi connectivity index (χ2v) is 8.07. The van der Waals surface area contributed by atoms with Crippen LogP contribution in [0.1, 0.15) is 12.0 Å². The number of hydrogen-bond acceptors (Lipinski definition) is 4. The molecule has 7 heteroatoms. The van der Waals surface area contributed by atoms with E-state index in [-0.39, 0.29) is 11.5 Å². The fourth-order valence-electron chi connectivity index (χ4n) is 2.82. The van der Waals surface area contributed by atoms with Crippen molar-refractivity contribution in [3.05, 3.63) is 63.2 Å². The van der Waals surface area contributed by atoms with Gasteiger partial charge in [0.05, 0.1) is 5.69 Å². The smallest absolute Gasteiger partial charge is 0.282 e. The summed E-state index contributed by atoms with van der Waals surface area (Å²) in [5.41, 5.74) is 5.22. The van der Waals surface area contributed by atoms with Crippen molar-refractivity contribution >= 4 is 51.9 Å². The van der Waals surface area contributed by atoms with Gasteiger partial charge in [-0.1, -0.05) is 12.1 Å². The highest BCUT2D eigenvalue weighted by Gasteiger charge is 2.34. The molecule has 2 N–H and O–H groups in total. The van der Waals surface area contributed by atoms with Gasteiger partial charge in [-0.25, -0.2) is 5.01 Å². The number of rotatable bonds is 7. The quantitative estimate of drug-likeness (QED) is 0.271. The normalized spacial score (nSPS) is 15.4. The molecule has 0 bridgehead atoms. The minimum absolute atomic E-state index is 0.130. The summed E-state index contributed by atoms with van der Waals surface area (Å²) < 4.78 is 1.06. The number of nitrogens with one attached hydrogen (secondary N) is 2. The highest BCUT2D eigenvalue weighted by molar-refractivity contribution is 14.1. The molecule has 28 heavy (non-hydrogen) atoms. The van der Waals surface area contributed by atoms with Gasteiger partial charge in [-0.3, -0.25) is 15.0 Å². The fraction of sp³-hybridized carbons (Fsp3) is 0.238. The lowest BCUT2D eigenvalue weighted by Crippen LogP contribution is -2.35. The average Bonchev–Trinajstić information content (AvgIpc) is 2.95. The zero-order chi connectivity index (χ0) is 20.1. The van der Waals surface area contributed by atoms with Crippen molar-refractivity contribution in [1.29, 1.82) is 0 Å². The SMILES string of the molecule is CN(C)CCCNc1ccc(/C=C2/C(=O)NN(c3ccc(I)cc3)C2=O)cc1. The lowest BCUT2D eigenvalue weighted by molar-refractivity contribution is -0.117. The highest BCUT2D eigenvalue weighted by Crippen LogP contribution is 2.22. The molecule has 2 aromatic carbocycles. The Kier molecular flexibility index (Phi) is 6.69. The first-order chi connectivity index (χ1) is 13.4. The fourth-order valence-corrected chi connectivity index (χ4v) is 3.18. The van der Waals surface area contributed by atoms with Gasteiger partial charge in [0.2, 0.25) is 0 Å². The predicted molar refractivity (Wildman–Crippen MR) is 121 cm³/mol. The molecule has 0 aromatic heterocycles. The van der Waals surface area contributed by atoms with E-state index in [0.717, 1.165) is 34.3 Å². The molecule has 0 radical (unpaired) electrons. The van der Waals surface area contributed by atoms with E-state index in [1.165, 1.54) is 5.01 Å². The van der Waals surface area contributed by atoms with Crippen LogP contribution in [0.25, 0.3) is 6.08 Å². The molecule has 1 aliphatic rings. The highest BCUT2D eigenvalue weighted by atomic mass is 127. The third-order valence-corrected chi connectivity index (χ3v) is 5.03. The molecule has 6 nitrogen and oxygen atoms in total. The molecular weight excluding hydrogens is 467 g/mol. The zero-order valence-electron chi connectivity index (χ0n) is 15.9. The molecule has 0 aliphatic carbocycles. The van der Waals surface area contributed by atoms with Crippen LogP contribution in [0.2, 0.25) is 0 Å². The van der Waals surface area contributed by atoms with Gasteiger partial charge in [-0.15, -0.1) is 0 Å². The Morgan fingerprint density at radius 2 is 1.75 bits per heavy atom. The monoisotopic (exact) mass is 490 g/mol. The van der Waals surface area contributed by atoms with Gasteiger partial charge < -0.3 is 10.2 Å². The van der Waals surface area contributed by atoms with Gasteiger partial charge in [0.15, 0.2) is 0 Å². The van der Waals surface area contributed by atoms with Crippen LogP contribution in [0, 0.1) is 3.57 Å². The van der Waals surface area contributed by atoms with E-state index in [0.29, 0.717) is 5.69 Å². The maximum absolute atomic E-state index is 12.7. The Bertz CT molecular complexity index is 876. The molecule has 1 heterocycles. The molecule has 2 aromatic rings. The molecule has 0 spiro atoms. The van der Waals surface area contributed by atoms with Crippen molar-refractivity contribution in [2.24, 2.45) is 0 Å². The minimum Gasteiger partial charge on any atom is -0.385 e. The first-order valence-electron chi connectivity index (χ1n) is 9.05. The third kappa shape index (κ3) is 5.11. The molecule has 146 valence electrons. The van der Waals surface area contributed by atoms with E-state index in [2.05, 4.69) is 52.3 Å². The molecular formula is C21H23IN4O2. The summed E-state index contributed by atoms with van der Waals surface area (Å²) in [5.74, 6) is -0.744. The van der Waals surface area contributed by atoms with E-state index < -0.39 is 5.91 Å². The number of carbonyl (C=O) groups excluding carboxylic acids is 2. The van der Waals surface area contributed by atoms with Crippen molar-refractivity contribution in [3.63, 3.8) is 0 Å². The van der Waals surface area contributed by atoms with Crippen LogP contribution in [0.3, 0.4) is 0 Å². The topological polar surface area (TPSA) is 64.7 Å². The molecule has 3 rings (SSSR count). The molecule has 1 saturated heterocycles. The maximum Gasteiger partial charge on any atom is 0.282 e. The van der Waals surface area contributed by atoms with Crippen molar-refractivity contribution in [3.8, 4) is 0 Å². The summed E-state index contributed by atoms with van der Waals surface area (Å²) in [6, 6.07) is 15.1. The maximum atomic E-state index is 12.7. The van der Waals surface area contributed by atoms with Crippen LogP contribution >= 0.6 is 22.6 Å². The summed E-state index contributed by atoms with van der Waals surface area (Å²) >= 11 is 2.19. The number of hydrazine groups is 1. The molecule has 0 unspecified atom stereocenters. The number of halogens is 1. The van der Waals surface area contributed by atoms with Crippen LogP contribution in [0.5, 0.6) is 0 Å². The van der Waals surface area contributed by atoms with Crippen molar-refractivity contribution in [2.45, 2.75) is 6.42 Å². The predicted octanol–water partition coefficient (Wildman–Crippen LogP) is 3.12. The summed E-state index contributed by atoms with van der Waals surface area (Å²) in [6.45, 7) is 1.93. The summed E-state index contributed by atoms with van der Waals surface area (Å²) in [7, 11) is 4.12. The summed E-state index contributed by atoms with van der Waals surface area (Å²) in [4.78, 5) is 27.1. The van der Waals surface area contributed by atoms with Gasteiger partial charge in [0.1, 0.15) is 5.57 Å². The van der Waals surface area contributed by atoms with Gasteiger partial charge in [0, 0.05) is 15.8 Å². The van der Waals surface area contributed by atoms with E-state index in [4.69, 9.17) is 0 Å². The van der Waals surface area contributed by atoms with E-state index in [1.54, 1.807) is 18.2 Å². The van der Waals surface area contributed by atoms with Crippen molar-refractivity contribution in [1.82, 2.24) is 10.3 Å². The summed E-state index contributed by atoms with van der Waals surface area (Å²) in [5, 5.41) is 4.65. The van der Waals surface area contributed by atoms with E-state index in [9.17, 15) is 9.59 Å². The number of amides is 2. The van der Waals surface area contributed by atoms with E-state index in [1.807, 2.05) is 36.4 Å². The Morgan fingerprint density at radius 3 is 2.39 bits per heavy atom. The summed E-state index contributed by atoms with van der Waals surface area (Å²) in [6.07, 6.45) is 2.68. The molecule has 0 saturated carbocycles. The third-order valence-electron chi connectivity index (χ3n) is 4.31. The average molecular weight is 490 g/mol. The molecule has 2 amide bonds. The van der Waals surface area contributed by atoms with Gasteiger partial charge in [0.25, 0.3) is 11.8 Å². The van der Waals surface area contributed by atoms with Crippen molar-refractivity contribution < 1.29 is 9.59 Å². The number of nitrogens with zero attached hydrogens (tertiary/aromatic N) is 2. The second kappa shape index (κ2) is 9.20. The Labute approximate surface area is 178 Å². The Hall–Kier alpha value is -2.39. The van der Waals surface area contributed by atoms with Crippen LogP contribution in [-0.2, 0) is 9.59 Å². The first kappa shape index (κ1) is 20.3. The van der Waals surface area contributed by atoms with Crippen LogP contribution < -0.4 is 15.8 Å². The second-order valence-electron chi connectivity index (χ2n) is 6.82. The number of benzene rings is 2. The van der Waals surface area contributed by atoms with Crippen LogP contribution in [-0.4, -0.2) is 43.9 Å². The van der Waals surface area contributed by atoms with E-state index >= 15 is 0 Å². The van der Waals surface area contributed by atoms with Gasteiger partial charge in [-0.05, 0) is 97.7 Å². The van der Waals surface area contributed by atoms with Crippen molar-refractivity contribution in [2.75, 3.05) is 37.5 Å². The Morgan fingerprint density at radius 1 is 1.07 bits per heavy atom. The lowest BCUT2D eigenvalue weighted by Gasteiger charge is -2.14. The van der Waals surface area contributed by atoms with Crippen LogP contribution in [0.15, 0.2) is 54.1 Å². The molecule has 1 fully saturated rings. The van der Waals surface area contributed by atoms with Gasteiger partial charge >= 0.3 is 0 Å². The number of hydrogen-bond donors (Lipinski definition) is 2. The largest absolute Gasteiger partial charge is 0.385 e. The zero-order valence-corrected chi connectivity index (χ0v) is 18.1. The van der Waals surface area contributed by atoms with Crippen LogP contribution in [0.4, 0.5) is 11.4 Å². The minimum atomic E-state index is -0.394.